The molecular formula is C23H17NO4S2. The Morgan fingerprint density at radius 3 is 2.47 bits per heavy atom. The van der Waals surface area contributed by atoms with Gasteiger partial charge in [0.1, 0.15) is 11.5 Å². The van der Waals surface area contributed by atoms with Gasteiger partial charge in [0, 0.05) is 11.6 Å². The Labute approximate surface area is 183 Å². The summed E-state index contributed by atoms with van der Waals surface area (Å²) in [4.78, 5) is 25.8. The maximum Gasteiger partial charge on any atom is 0.335 e. The topological polar surface area (TPSA) is 70.8 Å². The highest BCUT2D eigenvalue weighted by Crippen LogP contribution is 2.36. The van der Waals surface area contributed by atoms with Crippen LogP contribution in [0.4, 0.5) is 5.69 Å². The number of hydrogen-bond donors (Lipinski definition) is 1. The molecule has 1 amide bonds. The van der Waals surface area contributed by atoms with Crippen molar-refractivity contribution in [2.24, 2.45) is 0 Å². The molecule has 0 bridgehead atoms. The summed E-state index contributed by atoms with van der Waals surface area (Å²) in [7, 11) is 0. The SMILES string of the molecule is Cc1ccc(-c2ccc(/C=C3\SC(=S)N(c4ccc(C(=O)O)cc4)C3=O)o2)cc1C. The Hall–Kier alpha value is -3.16. The summed E-state index contributed by atoms with van der Waals surface area (Å²) >= 11 is 6.55. The lowest BCUT2D eigenvalue weighted by atomic mass is 10.1. The second kappa shape index (κ2) is 7.93. The van der Waals surface area contributed by atoms with Gasteiger partial charge in [-0.1, -0.05) is 36.1 Å². The van der Waals surface area contributed by atoms with Crippen molar-refractivity contribution in [2.75, 3.05) is 4.90 Å². The van der Waals surface area contributed by atoms with Crippen molar-refractivity contribution in [3.63, 3.8) is 0 Å². The van der Waals surface area contributed by atoms with Gasteiger partial charge in [0.15, 0.2) is 4.32 Å². The Balaban J connectivity index is 1.58. The number of amides is 1. The number of rotatable bonds is 4. The van der Waals surface area contributed by atoms with Crippen LogP contribution in [-0.4, -0.2) is 21.3 Å². The number of thiocarbonyl (C=S) groups is 1. The molecule has 4 rings (SSSR count). The summed E-state index contributed by atoms with van der Waals surface area (Å²) in [5.74, 6) is -0.00419. The molecule has 1 fully saturated rings. The van der Waals surface area contributed by atoms with Crippen molar-refractivity contribution < 1.29 is 19.1 Å². The molecule has 5 nitrogen and oxygen atoms in total. The summed E-state index contributed by atoms with van der Waals surface area (Å²) in [6, 6.07) is 15.9. The number of furan rings is 1. The number of thioether (sulfide) groups is 1. The fourth-order valence-electron chi connectivity index (χ4n) is 3.05. The third-order valence-corrected chi connectivity index (χ3v) is 6.16. The van der Waals surface area contributed by atoms with Gasteiger partial charge < -0.3 is 9.52 Å². The van der Waals surface area contributed by atoms with Crippen LogP contribution in [0.5, 0.6) is 0 Å². The third kappa shape index (κ3) is 3.81. The maximum atomic E-state index is 12.9. The number of carboxylic acids is 1. The fraction of sp³-hybridized carbons (Fsp3) is 0.0870. The number of nitrogens with zero attached hydrogens (tertiary/aromatic N) is 1. The fourth-order valence-corrected chi connectivity index (χ4v) is 4.33. The summed E-state index contributed by atoms with van der Waals surface area (Å²) in [6.45, 7) is 4.11. The van der Waals surface area contributed by atoms with E-state index in [0.29, 0.717) is 20.7 Å². The zero-order chi connectivity index (χ0) is 21.4. The molecule has 0 saturated carbocycles. The molecule has 3 aromatic rings. The largest absolute Gasteiger partial charge is 0.478 e. The normalized spacial score (nSPS) is 15.3. The van der Waals surface area contributed by atoms with E-state index in [1.807, 2.05) is 24.3 Å². The van der Waals surface area contributed by atoms with Crippen LogP contribution in [0.3, 0.4) is 0 Å². The third-order valence-electron chi connectivity index (χ3n) is 4.86. The van der Waals surface area contributed by atoms with E-state index in [9.17, 15) is 9.59 Å². The number of aromatic carboxylic acids is 1. The molecule has 1 saturated heterocycles. The molecule has 30 heavy (non-hydrogen) atoms. The maximum absolute atomic E-state index is 12.9. The lowest BCUT2D eigenvalue weighted by Gasteiger charge is -2.14. The standard InChI is InChI=1S/C23H17NO4S2/c1-13-3-4-16(11-14(13)2)19-10-9-18(28-19)12-20-21(25)24(23(29)30-20)17-7-5-15(6-8-17)22(26)27/h3-12H,1-2H3,(H,26,27)/b20-12-. The van der Waals surface area contributed by atoms with Crippen LogP contribution < -0.4 is 4.90 Å². The molecule has 2 aromatic carbocycles. The molecule has 7 heteroatoms. The van der Waals surface area contributed by atoms with Crippen molar-refractivity contribution in [3.8, 4) is 11.3 Å². The lowest BCUT2D eigenvalue weighted by Crippen LogP contribution is -2.27. The molecule has 1 aliphatic rings. The number of aryl methyl sites for hydroxylation is 2. The van der Waals surface area contributed by atoms with Gasteiger partial charge in [0.2, 0.25) is 0 Å². The first-order chi connectivity index (χ1) is 14.3. The van der Waals surface area contributed by atoms with Gasteiger partial charge in [-0.05, 0) is 67.4 Å². The number of carboxylic acid groups (broad SMARTS) is 1. The van der Waals surface area contributed by atoms with Crippen molar-refractivity contribution in [2.45, 2.75) is 13.8 Å². The second-order valence-corrected chi connectivity index (χ2v) is 8.55. The van der Waals surface area contributed by atoms with Gasteiger partial charge in [0.05, 0.1) is 16.2 Å². The van der Waals surface area contributed by atoms with E-state index in [1.165, 1.54) is 39.9 Å². The summed E-state index contributed by atoms with van der Waals surface area (Å²) in [6.07, 6.45) is 1.68. The van der Waals surface area contributed by atoms with E-state index in [0.717, 1.165) is 11.3 Å². The quantitative estimate of drug-likeness (QED) is 0.421. The van der Waals surface area contributed by atoms with Crippen LogP contribution in [0, 0.1) is 13.8 Å². The molecule has 0 unspecified atom stereocenters. The monoisotopic (exact) mass is 435 g/mol. The van der Waals surface area contributed by atoms with Crippen LogP contribution in [0.2, 0.25) is 0 Å². The van der Waals surface area contributed by atoms with Crippen molar-refractivity contribution in [1.82, 2.24) is 0 Å². The minimum absolute atomic E-state index is 0.147. The van der Waals surface area contributed by atoms with Crippen LogP contribution in [-0.2, 0) is 4.79 Å². The molecular weight excluding hydrogens is 418 g/mol. The average molecular weight is 436 g/mol. The highest BCUT2D eigenvalue weighted by atomic mass is 32.2. The predicted molar refractivity (Wildman–Crippen MR) is 123 cm³/mol. The van der Waals surface area contributed by atoms with Gasteiger partial charge in [-0.15, -0.1) is 0 Å². The van der Waals surface area contributed by atoms with E-state index >= 15 is 0 Å². The zero-order valence-corrected chi connectivity index (χ0v) is 17.8. The van der Waals surface area contributed by atoms with Gasteiger partial charge in [0.25, 0.3) is 5.91 Å². The highest BCUT2D eigenvalue weighted by Gasteiger charge is 2.33. The van der Waals surface area contributed by atoms with Crippen molar-refractivity contribution in [3.05, 3.63) is 82.0 Å². The number of carbonyl (C=O) groups is 2. The Morgan fingerprint density at radius 1 is 1.07 bits per heavy atom. The van der Waals surface area contributed by atoms with Gasteiger partial charge in [-0.25, -0.2) is 4.79 Å². The van der Waals surface area contributed by atoms with E-state index < -0.39 is 5.97 Å². The van der Waals surface area contributed by atoms with E-state index in [-0.39, 0.29) is 11.5 Å². The van der Waals surface area contributed by atoms with E-state index in [2.05, 4.69) is 19.9 Å². The molecule has 2 heterocycles. The Morgan fingerprint density at radius 2 is 1.80 bits per heavy atom. The molecule has 0 atom stereocenters. The summed E-state index contributed by atoms with van der Waals surface area (Å²) in [5, 5.41) is 9.03. The van der Waals surface area contributed by atoms with Crippen molar-refractivity contribution >= 4 is 51.9 Å². The van der Waals surface area contributed by atoms with Crippen LogP contribution in [0.15, 0.2) is 63.9 Å². The Kier molecular flexibility index (Phi) is 5.32. The average Bonchev–Trinajstić information content (AvgIpc) is 3.29. The number of anilines is 1. The van der Waals surface area contributed by atoms with Crippen LogP contribution in [0.1, 0.15) is 27.2 Å². The lowest BCUT2D eigenvalue weighted by molar-refractivity contribution is -0.113. The molecule has 0 radical (unpaired) electrons. The number of carbonyl (C=O) groups excluding carboxylic acids is 1. The first kappa shape index (κ1) is 20.1. The van der Waals surface area contributed by atoms with Crippen molar-refractivity contribution in [1.29, 1.82) is 0 Å². The first-order valence-corrected chi connectivity index (χ1v) is 10.3. The predicted octanol–water partition coefficient (Wildman–Crippen LogP) is 5.67. The molecule has 1 aliphatic heterocycles. The van der Waals surface area contributed by atoms with Gasteiger partial charge in [-0.3, -0.25) is 9.69 Å². The molecule has 1 aromatic heterocycles. The number of hydrogen-bond acceptors (Lipinski definition) is 5. The minimum Gasteiger partial charge on any atom is -0.478 e. The summed E-state index contributed by atoms with van der Waals surface area (Å²) in [5.41, 5.74) is 4.05. The molecule has 150 valence electrons. The summed E-state index contributed by atoms with van der Waals surface area (Å²) < 4.78 is 6.31. The smallest absolute Gasteiger partial charge is 0.335 e. The molecule has 0 aliphatic carbocycles. The van der Waals surface area contributed by atoms with E-state index in [4.69, 9.17) is 21.7 Å². The van der Waals surface area contributed by atoms with Crippen LogP contribution >= 0.6 is 24.0 Å². The second-order valence-electron chi connectivity index (χ2n) is 6.87. The van der Waals surface area contributed by atoms with Gasteiger partial charge in [-0.2, -0.15) is 0 Å². The van der Waals surface area contributed by atoms with Gasteiger partial charge >= 0.3 is 5.97 Å². The first-order valence-electron chi connectivity index (χ1n) is 9.12. The molecule has 0 spiro atoms. The molecule has 1 N–H and O–H groups in total. The van der Waals surface area contributed by atoms with E-state index in [1.54, 1.807) is 18.2 Å². The minimum atomic E-state index is -1.02. The zero-order valence-electron chi connectivity index (χ0n) is 16.2. The Bertz CT molecular complexity index is 1210. The highest BCUT2D eigenvalue weighted by molar-refractivity contribution is 8.27. The van der Waals surface area contributed by atoms with Crippen LogP contribution in [0.25, 0.3) is 17.4 Å². The number of benzene rings is 2.